The molecule has 0 bridgehead atoms. The molecular formula is C13H16IN3O2. The first kappa shape index (κ1) is 15.4. The van der Waals surface area contributed by atoms with Gasteiger partial charge in [0.15, 0.2) is 5.96 Å². The van der Waals surface area contributed by atoms with E-state index < -0.39 is 0 Å². The van der Waals surface area contributed by atoms with E-state index in [4.69, 9.17) is 14.9 Å². The molecule has 0 amide bonds. The van der Waals surface area contributed by atoms with Crippen molar-refractivity contribution in [3.05, 3.63) is 48.4 Å². The summed E-state index contributed by atoms with van der Waals surface area (Å²) in [5.74, 6) is 1.80. The van der Waals surface area contributed by atoms with Gasteiger partial charge in [0.25, 0.3) is 0 Å². The fraction of sp³-hybridized carbons (Fsp3) is 0.154. The van der Waals surface area contributed by atoms with Gasteiger partial charge in [-0.05, 0) is 24.3 Å². The highest BCUT2D eigenvalue weighted by atomic mass is 127. The molecule has 0 spiro atoms. The summed E-state index contributed by atoms with van der Waals surface area (Å²) in [7, 11) is 1.61. The maximum atomic E-state index is 5.79. The minimum atomic E-state index is 0. The quantitative estimate of drug-likeness (QED) is 0.491. The second-order valence-electron chi connectivity index (χ2n) is 3.61. The van der Waals surface area contributed by atoms with Gasteiger partial charge in [-0.1, -0.05) is 12.1 Å². The van der Waals surface area contributed by atoms with E-state index in [0.29, 0.717) is 18.3 Å². The molecule has 102 valence electrons. The number of para-hydroxylation sites is 2. The normalized spacial score (nSPS) is 10.7. The largest absolute Gasteiger partial charge is 0.495 e. The molecule has 0 radical (unpaired) electrons. The Morgan fingerprint density at radius 1 is 1.32 bits per heavy atom. The Kier molecular flexibility index (Phi) is 6.20. The van der Waals surface area contributed by atoms with E-state index in [0.717, 1.165) is 11.4 Å². The maximum absolute atomic E-state index is 5.79. The topological polar surface area (TPSA) is 72.8 Å². The molecule has 5 nitrogen and oxygen atoms in total. The van der Waals surface area contributed by atoms with Crippen LogP contribution in [0.5, 0.6) is 5.75 Å². The number of nitrogens with zero attached hydrogens (tertiary/aromatic N) is 1. The zero-order chi connectivity index (χ0) is 12.8. The van der Waals surface area contributed by atoms with Crippen LogP contribution in [0.15, 0.2) is 52.1 Å². The smallest absolute Gasteiger partial charge is 0.193 e. The van der Waals surface area contributed by atoms with Gasteiger partial charge >= 0.3 is 0 Å². The molecule has 3 N–H and O–H groups in total. The van der Waals surface area contributed by atoms with Crippen LogP contribution in [0.1, 0.15) is 5.76 Å². The lowest BCUT2D eigenvalue weighted by atomic mass is 10.3. The molecule has 0 saturated heterocycles. The van der Waals surface area contributed by atoms with Gasteiger partial charge in [-0.2, -0.15) is 0 Å². The summed E-state index contributed by atoms with van der Waals surface area (Å²) in [6.07, 6.45) is 1.61. The number of nitrogens with one attached hydrogen (secondary N) is 1. The van der Waals surface area contributed by atoms with Crippen molar-refractivity contribution in [2.45, 2.75) is 6.54 Å². The summed E-state index contributed by atoms with van der Waals surface area (Å²) in [5.41, 5.74) is 6.57. The second kappa shape index (κ2) is 7.67. The van der Waals surface area contributed by atoms with Crippen molar-refractivity contribution in [2.75, 3.05) is 12.4 Å². The van der Waals surface area contributed by atoms with E-state index in [-0.39, 0.29) is 24.0 Å². The van der Waals surface area contributed by atoms with E-state index in [1.807, 2.05) is 36.4 Å². The molecule has 6 heteroatoms. The van der Waals surface area contributed by atoms with Gasteiger partial charge in [0, 0.05) is 0 Å². The SMILES string of the molecule is COc1ccccc1NC(N)=NCc1ccco1.I. The summed E-state index contributed by atoms with van der Waals surface area (Å²) in [4.78, 5) is 4.17. The molecule has 0 fully saturated rings. The van der Waals surface area contributed by atoms with Gasteiger partial charge in [-0.3, -0.25) is 0 Å². The highest BCUT2D eigenvalue weighted by Gasteiger charge is 2.02. The monoisotopic (exact) mass is 373 g/mol. The Morgan fingerprint density at radius 3 is 2.79 bits per heavy atom. The lowest BCUT2D eigenvalue weighted by Crippen LogP contribution is -2.22. The van der Waals surface area contributed by atoms with Gasteiger partial charge in [0.1, 0.15) is 18.1 Å². The Hall–Kier alpha value is -1.70. The van der Waals surface area contributed by atoms with Crippen LogP contribution >= 0.6 is 24.0 Å². The number of hydrogen-bond donors (Lipinski definition) is 2. The number of hydrogen-bond acceptors (Lipinski definition) is 3. The van der Waals surface area contributed by atoms with Crippen LogP contribution in [0.2, 0.25) is 0 Å². The number of aliphatic imine (C=N–C) groups is 1. The number of ether oxygens (including phenoxy) is 1. The van der Waals surface area contributed by atoms with Gasteiger partial charge < -0.3 is 20.2 Å². The fourth-order valence-corrected chi connectivity index (χ4v) is 1.49. The molecule has 1 aromatic carbocycles. The molecule has 2 rings (SSSR count). The second-order valence-corrected chi connectivity index (χ2v) is 3.61. The highest BCUT2D eigenvalue weighted by Crippen LogP contribution is 2.22. The fourth-order valence-electron chi connectivity index (χ4n) is 1.49. The van der Waals surface area contributed by atoms with Crippen LogP contribution < -0.4 is 15.8 Å². The molecule has 0 unspecified atom stereocenters. The van der Waals surface area contributed by atoms with Crippen LogP contribution in [-0.4, -0.2) is 13.1 Å². The van der Waals surface area contributed by atoms with Gasteiger partial charge in [0.2, 0.25) is 0 Å². The lowest BCUT2D eigenvalue weighted by Gasteiger charge is -2.09. The third-order valence-electron chi connectivity index (χ3n) is 2.36. The van der Waals surface area contributed by atoms with Crippen LogP contribution in [0.3, 0.4) is 0 Å². The van der Waals surface area contributed by atoms with Gasteiger partial charge in [0.05, 0.1) is 19.1 Å². The number of benzene rings is 1. The third kappa shape index (κ3) is 4.47. The molecule has 2 aromatic rings. The predicted molar refractivity (Wildman–Crippen MR) is 86.1 cm³/mol. The number of nitrogens with two attached hydrogens (primary N) is 1. The average molecular weight is 373 g/mol. The maximum Gasteiger partial charge on any atom is 0.193 e. The van der Waals surface area contributed by atoms with Crippen LogP contribution in [0.25, 0.3) is 0 Å². The molecule has 1 aromatic heterocycles. The third-order valence-corrected chi connectivity index (χ3v) is 2.36. The summed E-state index contributed by atoms with van der Waals surface area (Å²) in [5, 5.41) is 2.98. The van der Waals surface area contributed by atoms with E-state index >= 15 is 0 Å². The first-order chi connectivity index (χ1) is 8.79. The Labute approximate surface area is 128 Å². The number of guanidine groups is 1. The summed E-state index contributed by atoms with van der Waals surface area (Å²) < 4.78 is 10.4. The Morgan fingerprint density at radius 2 is 2.11 bits per heavy atom. The van der Waals surface area contributed by atoms with E-state index in [2.05, 4.69) is 10.3 Å². The molecule has 0 aliphatic heterocycles. The molecule has 1 heterocycles. The van der Waals surface area contributed by atoms with E-state index in [9.17, 15) is 0 Å². The molecular weight excluding hydrogens is 357 g/mol. The molecule has 19 heavy (non-hydrogen) atoms. The average Bonchev–Trinajstić information content (AvgIpc) is 2.90. The number of methoxy groups -OCH3 is 1. The highest BCUT2D eigenvalue weighted by molar-refractivity contribution is 14.0. The minimum absolute atomic E-state index is 0. The van der Waals surface area contributed by atoms with Crippen molar-refractivity contribution in [3.8, 4) is 5.75 Å². The van der Waals surface area contributed by atoms with Gasteiger partial charge in [-0.15, -0.1) is 24.0 Å². The summed E-state index contributed by atoms with van der Waals surface area (Å²) in [6, 6.07) is 11.2. The molecule has 0 aliphatic rings. The van der Waals surface area contributed by atoms with Crippen LogP contribution in [0.4, 0.5) is 5.69 Å². The van der Waals surface area contributed by atoms with E-state index in [1.165, 1.54) is 0 Å². The van der Waals surface area contributed by atoms with Crippen LogP contribution in [0, 0.1) is 0 Å². The van der Waals surface area contributed by atoms with Crippen molar-refractivity contribution in [1.82, 2.24) is 0 Å². The van der Waals surface area contributed by atoms with Crippen molar-refractivity contribution in [2.24, 2.45) is 10.7 Å². The van der Waals surface area contributed by atoms with Crippen molar-refractivity contribution in [1.29, 1.82) is 0 Å². The Bertz CT molecular complexity index is 526. The summed E-state index contributed by atoms with van der Waals surface area (Å²) >= 11 is 0. The number of rotatable bonds is 4. The first-order valence-corrected chi connectivity index (χ1v) is 5.52. The molecule has 0 atom stereocenters. The van der Waals surface area contributed by atoms with Crippen molar-refractivity contribution < 1.29 is 9.15 Å². The van der Waals surface area contributed by atoms with Crippen LogP contribution in [-0.2, 0) is 6.54 Å². The molecule has 0 saturated carbocycles. The number of anilines is 1. The zero-order valence-corrected chi connectivity index (χ0v) is 12.8. The van der Waals surface area contributed by atoms with Crippen molar-refractivity contribution in [3.63, 3.8) is 0 Å². The minimum Gasteiger partial charge on any atom is -0.495 e. The van der Waals surface area contributed by atoms with Crippen molar-refractivity contribution >= 4 is 35.6 Å². The first-order valence-electron chi connectivity index (χ1n) is 5.52. The Balaban J connectivity index is 0.00000180. The summed E-state index contributed by atoms with van der Waals surface area (Å²) in [6.45, 7) is 0.404. The van der Waals surface area contributed by atoms with E-state index in [1.54, 1.807) is 13.4 Å². The molecule has 0 aliphatic carbocycles. The lowest BCUT2D eigenvalue weighted by molar-refractivity contribution is 0.417. The van der Waals surface area contributed by atoms with Gasteiger partial charge in [-0.25, -0.2) is 4.99 Å². The number of halogens is 1. The number of furan rings is 1. The predicted octanol–water partition coefficient (Wildman–Crippen LogP) is 2.83. The zero-order valence-electron chi connectivity index (χ0n) is 10.5. The standard InChI is InChI=1S/C13H15N3O2.HI/c1-17-12-7-3-2-6-11(12)16-13(14)15-9-10-5-4-8-18-10;/h2-8H,9H2,1H3,(H3,14,15,16);1H.